The van der Waals surface area contributed by atoms with Crippen LogP contribution in [0.5, 0.6) is 0 Å². The first kappa shape index (κ1) is 9.29. The van der Waals surface area contributed by atoms with Crippen LogP contribution in [0.25, 0.3) is 5.57 Å². The average molecular weight is 213 g/mol. The quantitative estimate of drug-likeness (QED) is 0.612. The van der Waals surface area contributed by atoms with Crippen LogP contribution in [0.3, 0.4) is 0 Å². The summed E-state index contributed by atoms with van der Waals surface area (Å²) < 4.78 is 0. The lowest BCUT2D eigenvalue weighted by molar-refractivity contribution is 0.749. The Morgan fingerprint density at radius 1 is 1.46 bits per heavy atom. The second-order valence-electron chi connectivity index (χ2n) is 3.51. The van der Waals surface area contributed by atoms with Crippen molar-refractivity contribution in [3.8, 4) is 0 Å². The van der Waals surface area contributed by atoms with E-state index >= 15 is 0 Å². The highest BCUT2D eigenvalue weighted by atomic mass is 35.5. The number of alkyl halides is 1. The minimum absolute atomic E-state index is 0.256. The van der Waals surface area contributed by atoms with Crippen molar-refractivity contribution >= 4 is 28.5 Å². The Morgan fingerprint density at radius 2 is 2.31 bits per heavy atom. The molecule has 0 radical (unpaired) electrons. The summed E-state index contributed by atoms with van der Waals surface area (Å²) in [4.78, 5) is 2.79. The van der Waals surface area contributed by atoms with Gasteiger partial charge < -0.3 is 0 Å². The number of hydrogen-bond donors (Lipinski definition) is 0. The fraction of sp³-hybridized carbons (Fsp3) is 0.455. The van der Waals surface area contributed by atoms with Crippen LogP contribution in [0.1, 0.15) is 29.0 Å². The summed E-state index contributed by atoms with van der Waals surface area (Å²) in [6.07, 6.45) is 5.78. The highest BCUT2D eigenvalue weighted by Crippen LogP contribution is 2.32. The third-order valence-electron chi connectivity index (χ3n) is 2.36. The van der Waals surface area contributed by atoms with Crippen molar-refractivity contribution in [2.75, 3.05) is 0 Å². The molecule has 0 fully saturated rings. The highest BCUT2D eigenvalue weighted by molar-refractivity contribution is 7.13. The summed E-state index contributed by atoms with van der Waals surface area (Å²) in [5, 5.41) is 0.256. The van der Waals surface area contributed by atoms with Crippen LogP contribution < -0.4 is 0 Å². The molecule has 0 bridgehead atoms. The van der Waals surface area contributed by atoms with Gasteiger partial charge in [-0.2, -0.15) is 0 Å². The molecular weight excluding hydrogens is 200 g/mol. The summed E-state index contributed by atoms with van der Waals surface area (Å²) >= 11 is 7.97. The van der Waals surface area contributed by atoms with E-state index in [0.29, 0.717) is 0 Å². The molecule has 1 aliphatic rings. The minimum Gasteiger partial charge on any atom is -0.141 e. The highest BCUT2D eigenvalue weighted by Gasteiger charge is 2.13. The average Bonchev–Trinajstić information content (AvgIpc) is 2.52. The van der Waals surface area contributed by atoms with E-state index in [2.05, 4.69) is 25.1 Å². The van der Waals surface area contributed by atoms with Crippen molar-refractivity contribution in [1.29, 1.82) is 0 Å². The maximum atomic E-state index is 6.10. The Balaban J connectivity index is 2.25. The molecule has 0 spiro atoms. The molecule has 70 valence electrons. The zero-order valence-corrected chi connectivity index (χ0v) is 9.29. The maximum Gasteiger partial charge on any atom is 0.0522 e. The topological polar surface area (TPSA) is 0 Å². The van der Waals surface area contributed by atoms with Gasteiger partial charge in [-0.25, -0.2) is 0 Å². The van der Waals surface area contributed by atoms with E-state index < -0.39 is 0 Å². The number of allylic oxidation sites excluding steroid dienone is 2. The van der Waals surface area contributed by atoms with Crippen molar-refractivity contribution < 1.29 is 0 Å². The first-order valence-electron chi connectivity index (χ1n) is 4.67. The fourth-order valence-electron chi connectivity index (χ4n) is 1.68. The second kappa shape index (κ2) is 3.85. The van der Waals surface area contributed by atoms with Crippen molar-refractivity contribution in [1.82, 2.24) is 0 Å². The van der Waals surface area contributed by atoms with E-state index in [1.807, 2.05) is 11.3 Å². The molecule has 0 aromatic carbocycles. The predicted octanol–water partition coefficient (Wildman–Crippen LogP) is 4.23. The van der Waals surface area contributed by atoms with Gasteiger partial charge in [0, 0.05) is 9.75 Å². The monoisotopic (exact) mass is 212 g/mol. The van der Waals surface area contributed by atoms with Gasteiger partial charge in [-0.1, -0.05) is 6.08 Å². The lowest BCUT2D eigenvalue weighted by atomic mass is 9.98. The van der Waals surface area contributed by atoms with Crippen molar-refractivity contribution in [2.45, 2.75) is 31.6 Å². The van der Waals surface area contributed by atoms with E-state index in [4.69, 9.17) is 11.6 Å². The van der Waals surface area contributed by atoms with Crippen LogP contribution >= 0.6 is 22.9 Å². The Kier molecular flexibility index (Phi) is 2.75. The third-order valence-corrected chi connectivity index (χ3v) is 3.79. The number of rotatable bonds is 1. The zero-order chi connectivity index (χ0) is 9.26. The molecule has 0 saturated carbocycles. The van der Waals surface area contributed by atoms with Gasteiger partial charge in [0.1, 0.15) is 0 Å². The van der Waals surface area contributed by atoms with Gasteiger partial charge in [-0.15, -0.1) is 22.9 Å². The van der Waals surface area contributed by atoms with Crippen molar-refractivity contribution in [3.63, 3.8) is 0 Å². The third kappa shape index (κ3) is 2.15. The van der Waals surface area contributed by atoms with Crippen LogP contribution in [0.4, 0.5) is 0 Å². The largest absolute Gasteiger partial charge is 0.141 e. The SMILES string of the molecule is Cc1ccc(C2=CC(Cl)CCC2)s1. The van der Waals surface area contributed by atoms with Crippen LogP contribution in [-0.4, -0.2) is 5.38 Å². The van der Waals surface area contributed by atoms with Gasteiger partial charge in [0.05, 0.1) is 5.38 Å². The molecule has 13 heavy (non-hydrogen) atoms. The van der Waals surface area contributed by atoms with E-state index in [1.54, 1.807) is 0 Å². The summed E-state index contributed by atoms with van der Waals surface area (Å²) in [6, 6.07) is 4.39. The maximum absolute atomic E-state index is 6.10. The number of halogens is 1. The zero-order valence-electron chi connectivity index (χ0n) is 7.72. The first-order valence-corrected chi connectivity index (χ1v) is 5.92. The normalized spacial score (nSPS) is 22.9. The molecule has 1 aromatic rings. The molecule has 2 rings (SSSR count). The van der Waals surface area contributed by atoms with Gasteiger partial charge in [0.2, 0.25) is 0 Å². The van der Waals surface area contributed by atoms with Gasteiger partial charge in [-0.05, 0) is 43.9 Å². The smallest absolute Gasteiger partial charge is 0.0522 e. The number of aryl methyl sites for hydroxylation is 1. The molecular formula is C11H13ClS. The van der Waals surface area contributed by atoms with Crippen LogP contribution in [0, 0.1) is 6.92 Å². The lowest BCUT2D eigenvalue weighted by Crippen LogP contribution is -2.01. The Bertz CT molecular complexity index is 325. The molecule has 1 aliphatic carbocycles. The molecule has 0 saturated heterocycles. The summed E-state index contributed by atoms with van der Waals surface area (Å²) in [5.41, 5.74) is 1.45. The van der Waals surface area contributed by atoms with Crippen molar-refractivity contribution in [2.24, 2.45) is 0 Å². The van der Waals surface area contributed by atoms with Gasteiger partial charge >= 0.3 is 0 Å². The van der Waals surface area contributed by atoms with Gasteiger partial charge in [0.15, 0.2) is 0 Å². The molecule has 0 amide bonds. The Morgan fingerprint density at radius 3 is 2.92 bits per heavy atom. The Hall–Kier alpha value is -0.270. The second-order valence-corrected chi connectivity index (χ2v) is 5.36. The summed E-state index contributed by atoms with van der Waals surface area (Å²) in [7, 11) is 0. The van der Waals surface area contributed by atoms with Gasteiger partial charge in [-0.3, -0.25) is 0 Å². The van der Waals surface area contributed by atoms with Crippen LogP contribution in [-0.2, 0) is 0 Å². The molecule has 0 N–H and O–H groups in total. The molecule has 0 nitrogen and oxygen atoms in total. The first-order chi connectivity index (χ1) is 6.25. The fourth-order valence-corrected chi connectivity index (χ4v) is 2.91. The van der Waals surface area contributed by atoms with Crippen LogP contribution in [0.15, 0.2) is 18.2 Å². The summed E-state index contributed by atoms with van der Waals surface area (Å²) in [6.45, 7) is 2.15. The minimum atomic E-state index is 0.256. The number of hydrogen-bond acceptors (Lipinski definition) is 1. The molecule has 1 aromatic heterocycles. The van der Waals surface area contributed by atoms with Gasteiger partial charge in [0.25, 0.3) is 0 Å². The number of thiophene rings is 1. The molecule has 0 aliphatic heterocycles. The predicted molar refractivity (Wildman–Crippen MR) is 60.5 cm³/mol. The van der Waals surface area contributed by atoms with E-state index in [-0.39, 0.29) is 5.38 Å². The molecule has 1 unspecified atom stereocenters. The Labute approximate surface area is 88.2 Å². The lowest BCUT2D eigenvalue weighted by Gasteiger charge is -2.14. The van der Waals surface area contributed by atoms with E-state index in [1.165, 1.54) is 28.2 Å². The summed E-state index contributed by atoms with van der Waals surface area (Å²) in [5.74, 6) is 0. The molecule has 1 atom stereocenters. The standard InChI is InChI=1S/C11H13ClS/c1-8-5-6-11(13-8)9-3-2-4-10(12)7-9/h5-7,10H,2-4H2,1H3. The van der Waals surface area contributed by atoms with Crippen molar-refractivity contribution in [3.05, 3.63) is 28.0 Å². The van der Waals surface area contributed by atoms with Crippen LogP contribution in [0.2, 0.25) is 0 Å². The molecule has 2 heteroatoms. The molecule has 1 heterocycles. The van der Waals surface area contributed by atoms with E-state index in [9.17, 15) is 0 Å². The van der Waals surface area contributed by atoms with E-state index in [0.717, 1.165) is 6.42 Å².